The maximum Gasteiger partial charge on any atom is 0.247 e. The molecule has 106 valence electrons. The third kappa shape index (κ3) is 6.94. The van der Waals surface area contributed by atoms with Gasteiger partial charge in [0.05, 0.1) is 19.6 Å². The van der Waals surface area contributed by atoms with Crippen LogP contribution in [0.2, 0.25) is 0 Å². The van der Waals surface area contributed by atoms with Gasteiger partial charge in [0, 0.05) is 7.11 Å². The van der Waals surface area contributed by atoms with Gasteiger partial charge in [0.1, 0.15) is 0 Å². The molecule has 19 heavy (non-hydrogen) atoms. The van der Waals surface area contributed by atoms with E-state index in [2.05, 4.69) is 24.5 Å². The number of amides is 1. The van der Waals surface area contributed by atoms with Gasteiger partial charge in [-0.05, 0) is 24.0 Å². The first-order chi connectivity index (χ1) is 9.26. The molecule has 0 bridgehead atoms. The van der Waals surface area contributed by atoms with Crippen molar-refractivity contribution in [2.75, 3.05) is 20.3 Å². The average Bonchev–Trinajstić information content (AvgIpc) is 2.43. The lowest BCUT2D eigenvalue weighted by atomic mass is 10.0. The second-order valence-corrected chi connectivity index (χ2v) is 4.46. The van der Waals surface area contributed by atoms with Gasteiger partial charge in [0.15, 0.2) is 0 Å². The average molecular weight is 265 g/mol. The van der Waals surface area contributed by atoms with Crippen LogP contribution < -0.4 is 5.48 Å². The van der Waals surface area contributed by atoms with E-state index in [1.165, 1.54) is 18.4 Å². The smallest absolute Gasteiger partial charge is 0.247 e. The molecule has 1 aromatic rings. The van der Waals surface area contributed by atoms with Crippen LogP contribution in [-0.4, -0.2) is 26.2 Å². The van der Waals surface area contributed by atoms with Crippen molar-refractivity contribution < 1.29 is 14.4 Å². The predicted molar refractivity (Wildman–Crippen MR) is 74.7 cm³/mol. The van der Waals surface area contributed by atoms with Crippen molar-refractivity contribution in [3.8, 4) is 0 Å². The van der Waals surface area contributed by atoms with Crippen molar-refractivity contribution in [3.63, 3.8) is 0 Å². The van der Waals surface area contributed by atoms with Gasteiger partial charge in [-0.3, -0.25) is 9.63 Å². The number of nitrogens with one attached hydrogen (secondary N) is 1. The molecule has 0 aliphatic carbocycles. The van der Waals surface area contributed by atoms with E-state index in [1.54, 1.807) is 7.11 Å². The predicted octanol–water partition coefficient (Wildman–Crippen LogP) is 2.27. The van der Waals surface area contributed by atoms with Crippen molar-refractivity contribution in [2.45, 2.75) is 32.6 Å². The molecule has 0 atom stereocenters. The summed E-state index contributed by atoms with van der Waals surface area (Å²) in [5.41, 5.74) is 4.71. The van der Waals surface area contributed by atoms with Gasteiger partial charge in [-0.2, -0.15) is 0 Å². The SMILES string of the molecule is CCCCc1ccc(CC(=O)NOCCOC)cc1. The van der Waals surface area contributed by atoms with Gasteiger partial charge in [-0.25, -0.2) is 5.48 Å². The topological polar surface area (TPSA) is 47.6 Å². The van der Waals surface area contributed by atoms with E-state index in [0.29, 0.717) is 19.6 Å². The number of hydrogen-bond donors (Lipinski definition) is 1. The first-order valence-corrected chi connectivity index (χ1v) is 6.73. The Bertz CT molecular complexity index is 362. The summed E-state index contributed by atoms with van der Waals surface area (Å²) in [6.07, 6.45) is 3.83. The highest BCUT2D eigenvalue weighted by Crippen LogP contribution is 2.08. The van der Waals surface area contributed by atoms with Crippen LogP contribution in [0, 0.1) is 0 Å². The molecule has 1 aromatic carbocycles. The summed E-state index contributed by atoms with van der Waals surface area (Å²) >= 11 is 0. The number of ether oxygens (including phenoxy) is 1. The van der Waals surface area contributed by atoms with Crippen LogP contribution >= 0.6 is 0 Å². The second-order valence-electron chi connectivity index (χ2n) is 4.46. The lowest BCUT2D eigenvalue weighted by Crippen LogP contribution is -2.26. The Morgan fingerprint density at radius 3 is 2.47 bits per heavy atom. The van der Waals surface area contributed by atoms with E-state index >= 15 is 0 Å². The zero-order valence-electron chi connectivity index (χ0n) is 11.8. The molecule has 1 rings (SSSR count). The highest BCUT2D eigenvalue weighted by Gasteiger charge is 2.03. The molecular weight excluding hydrogens is 242 g/mol. The molecule has 0 spiro atoms. The maximum atomic E-state index is 11.6. The zero-order valence-corrected chi connectivity index (χ0v) is 11.8. The number of aryl methyl sites for hydroxylation is 1. The molecule has 0 aliphatic rings. The van der Waals surface area contributed by atoms with Crippen LogP contribution in [0.1, 0.15) is 30.9 Å². The first-order valence-electron chi connectivity index (χ1n) is 6.73. The summed E-state index contributed by atoms with van der Waals surface area (Å²) in [5.74, 6) is -0.141. The maximum absolute atomic E-state index is 11.6. The lowest BCUT2D eigenvalue weighted by molar-refractivity contribution is -0.133. The molecule has 0 heterocycles. The largest absolute Gasteiger partial charge is 0.382 e. The molecule has 1 amide bonds. The van der Waals surface area contributed by atoms with E-state index in [4.69, 9.17) is 9.57 Å². The zero-order chi connectivity index (χ0) is 13.9. The van der Waals surface area contributed by atoms with Crippen molar-refractivity contribution in [1.29, 1.82) is 0 Å². The molecule has 0 saturated carbocycles. The third-order valence-corrected chi connectivity index (χ3v) is 2.78. The summed E-state index contributed by atoms with van der Waals surface area (Å²) in [5, 5.41) is 0. The van der Waals surface area contributed by atoms with E-state index < -0.39 is 0 Å². The Hall–Kier alpha value is -1.39. The number of carbonyl (C=O) groups is 1. The van der Waals surface area contributed by atoms with Crippen LogP contribution in [0.3, 0.4) is 0 Å². The van der Waals surface area contributed by atoms with Gasteiger partial charge in [0.2, 0.25) is 5.91 Å². The van der Waals surface area contributed by atoms with Crippen LogP contribution in [0.5, 0.6) is 0 Å². The fourth-order valence-corrected chi connectivity index (χ4v) is 1.68. The number of carbonyl (C=O) groups excluding carboxylic acids is 1. The van der Waals surface area contributed by atoms with E-state index in [9.17, 15) is 4.79 Å². The molecule has 0 aromatic heterocycles. The Labute approximate surface area is 115 Å². The fraction of sp³-hybridized carbons (Fsp3) is 0.533. The Morgan fingerprint density at radius 1 is 1.16 bits per heavy atom. The van der Waals surface area contributed by atoms with Crippen LogP contribution in [0.4, 0.5) is 0 Å². The molecular formula is C15H23NO3. The fourth-order valence-electron chi connectivity index (χ4n) is 1.68. The highest BCUT2D eigenvalue weighted by molar-refractivity contribution is 5.77. The molecule has 0 radical (unpaired) electrons. The minimum atomic E-state index is -0.141. The number of methoxy groups -OCH3 is 1. The van der Waals surface area contributed by atoms with Crippen molar-refractivity contribution in [2.24, 2.45) is 0 Å². The minimum Gasteiger partial charge on any atom is -0.382 e. The van der Waals surface area contributed by atoms with Gasteiger partial charge in [0.25, 0.3) is 0 Å². The summed E-state index contributed by atoms with van der Waals surface area (Å²) in [7, 11) is 1.59. The summed E-state index contributed by atoms with van der Waals surface area (Å²) in [4.78, 5) is 16.5. The molecule has 0 fully saturated rings. The summed E-state index contributed by atoms with van der Waals surface area (Å²) in [6.45, 7) is 3.01. The van der Waals surface area contributed by atoms with E-state index in [0.717, 1.165) is 12.0 Å². The quantitative estimate of drug-likeness (QED) is 0.550. The number of hydrogen-bond acceptors (Lipinski definition) is 3. The molecule has 0 saturated heterocycles. The van der Waals surface area contributed by atoms with Crippen LogP contribution in [-0.2, 0) is 27.2 Å². The van der Waals surface area contributed by atoms with Gasteiger partial charge < -0.3 is 4.74 Å². The molecule has 4 heteroatoms. The molecule has 0 aliphatic heterocycles. The monoisotopic (exact) mass is 265 g/mol. The minimum absolute atomic E-state index is 0.141. The Kier molecular flexibility index (Phi) is 7.86. The molecule has 0 unspecified atom stereocenters. The summed E-state index contributed by atoms with van der Waals surface area (Å²) in [6, 6.07) is 8.17. The Morgan fingerprint density at radius 2 is 1.84 bits per heavy atom. The number of unbranched alkanes of at least 4 members (excludes halogenated alkanes) is 1. The van der Waals surface area contributed by atoms with Gasteiger partial charge in [-0.1, -0.05) is 37.6 Å². The van der Waals surface area contributed by atoms with Crippen LogP contribution in [0.15, 0.2) is 24.3 Å². The molecule has 1 N–H and O–H groups in total. The van der Waals surface area contributed by atoms with Crippen molar-refractivity contribution >= 4 is 5.91 Å². The lowest BCUT2D eigenvalue weighted by Gasteiger charge is -2.06. The number of benzene rings is 1. The van der Waals surface area contributed by atoms with Crippen molar-refractivity contribution in [3.05, 3.63) is 35.4 Å². The number of hydroxylamine groups is 1. The second kappa shape index (κ2) is 9.53. The third-order valence-electron chi connectivity index (χ3n) is 2.78. The summed E-state index contributed by atoms with van der Waals surface area (Å²) < 4.78 is 4.81. The number of rotatable bonds is 9. The Balaban J connectivity index is 2.29. The van der Waals surface area contributed by atoms with Gasteiger partial charge in [-0.15, -0.1) is 0 Å². The molecule has 4 nitrogen and oxygen atoms in total. The van der Waals surface area contributed by atoms with E-state index in [1.807, 2.05) is 12.1 Å². The van der Waals surface area contributed by atoms with Gasteiger partial charge >= 0.3 is 0 Å². The standard InChI is InChI=1S/C15H23NO3/c1-3-4-5-13-6-8-14(9-7-13)12-15(17)16-19-11-10-18-2/h6-9H,3-5,10-12H2,1-2H3,(H,16,17). The normalized spacial score (nSPS) is 10.4. The van der Waals surface area contributed by atoms with E-state index in [-0.39, 0.29) is 5.91 Å². The first kappa shape index (κ1) is 15.7. The van der Waals surface area contributed by atoms with Crippen molar-refractivity contribution in [1.82, 2.24) is 5.48 Å². The van der Waals surface area contributed by atoms with Crippen LogP contribution in [0.25, 0.3) is 0 Å². The highest BCUT2D eigenvalue weighted by atomic mass is 16.7.